The van der Waals surface area contributed by atoms with Gasteiger partial charge < -0.3 is 74.7 Å². The number of ether oxygens (including phenoxy) is 5. The van der Waals surface area contributed by atoms with Gasteiger partial charge in [0.05, 0.1) is 26.4 Å². The van der Waals surface area contributed by atoms with E-state index in [0.717, 1.165) is 0 Å². The van der Waals surface area contributed by atoms with E-state index < -0.39 is 106 Å². The van der Waals surface area contributed by atoms with Gasteiger partial charge in [0.15, 0.2) is 12.6 Å². The molecule has 3 saturated heterocycles. The molecule has 3 aliphatic rings. The summed E-state index contributed by atoms with van der Waals surface area (Å²) in [4.78, 5) is 0. The van der Waals surface area contributed by atoms with Crippen LogP contribution in [-0.4, -0.2) is 163 Å². The molecule has 15 heteroatoms. The van der Waals surface area contributed by atoms with Crippen molar-refractivity contribution in [1.29, 1.82) is 0 Å². The summed E-state index contributed by atoms with van der Waals surface area (Å²) in [5.41, 5.74) is 0. The Labute approximate surface area is 187 Å². The standard InChI is InChI=1S/C18H32O15/c19-1-6-9(23)11(25)13(27)17(30-6)32-15-5(22)4-29-8(3-21)16(15)33-18-14(28)12(26)10(24)7(2-20)31-18/h5-28H,1-4H2. The van der Waals surface area contributed by atoms with Crippen LogP contribution < -0.4 is 0 Å². The van der Waals surface area contributed by atoms with Crippen molar-refractivity contribution in [1.82, 2.24) is 0 Å². The van der Waals surface area contributed by atoms with Gasteiger partial charge in [-0.3, -0.25) is 0 Å². The number of hydrogen-bond acceptors (Lipinski definition) is 15. The minimum Gasteiger partial charge on any atom is -0.394 e. The first-order valence-corrected chi connectivity index (χ1v) is 10.5. The first-order chi connectivity index (χ1) is 15.6. The summed E-state index contributed by atoms with van der Waals surface area (Å²) in [6, 6.07) is 0. The minimum atomic E-state index is -1.80. The van der Waals surface area contributed by atoms with Gasteiger partial charge in [-0.2, -0.15) is 0 Å². The zero-order valence-electron chi connectivity index (χ0n) is 17.4. The van der Waals surface area contributed by atoms with Crippen molar-refractivity contribution in [2.45, 2.75) is 85.8 Å². The third-order valence-corrected chi connectivity index (χ3v) is 6.01. The molecule has 14 unspecified atom stereocenters. The van der Waals surface area contributed by atoms with Gasteiger partial charge >= 0.3 is 0 Å². The SMILES string of the molecule is OCC1OC(OC2C(O)COC(CO)C2OC2OC(CO)C(O)C(O)C2O)C(O)C(O)C1O. The van der Waals surface area contributed by atoms with Crippen LogP contribution in [0.5, 0.6) is 0 Å². The molecule has 0 bridgehead atoms. The molecule has 0 aromatic rings. The lowest BCUT2D eigenvalue weighted by Crippen LogP contribution is -2.65. The molecule has 10 N–H and O–H groups in total. The lowest BCUT2D eigenvalue weighted by Gasteiger charge is -2.47. The first kappa shape index (κ1) is 27.0. The lowest BCUT2D eigenvalue weighted by atomic mass is 9.96. The molecule has 0 amide bonds. The molecular weight excluding hydrogens is 456 g/mol. The van der Waals surface area contributed by atoms with Gasteiger partial charge in [0.1, 0.15) is 73.2 Å². The zero-order valence-corrected chi connectivity index (χ0v) is 17.4. The maximum absolute atomic E-state index is 10.5. The smallest absolute Gasteiger partial charge is 0.187 e. The van der Waals surface area contributed by atoms with E-state index in [4.69, 9.17) is 23.7 Å². The van der Waals surface area contributed by atoms with Crippen LogP contribution in [0.25, 0.3) is 0 Å². The molecule has 194 valence electrons. The zero-order chi connectivity index (χ0) is 24.4. The quantitative estimate of drug-likeness (QED) is 0.160. The van der Waals surface area contributed by atoms with Gasteiger partial charge in [-0.15, -0.1) is 0 Å². The highest BCUT2D eigenvalue weighted by Gasteiger charge is 2.51. The van der Waals surface area contributed by atoms with E-state index in [1.165, 1.54) is 0 Å². The Bertz CT molecular complexity index is 607. The molecule has 3 fully saturated rings. The molecule has 0 aliphatic carbocycles. The Kier molecular flexibility index (Phi) is 9.35. The van der Waals surface area contributed by atoms with E-state index >= 15 is 0 Å². The number of rotatable bonds is 7. The van der Waals surface area contributed by atoms with Gasteiger partial charge in [-0.05, 0) is 0 Å². The average Bonchev–Trinajstić information content (AvgIpc) is 2.81. The normalized spacial score (nSPS) is 51.5. The summed E-state index contributed by atoms with van der Waals surface area (Å²) in [5, 5.41) is 99.2. The summed E-state index contributed by atoms with van der Waals surface area (Å²) in [7, 11) is 0. The number of aliphatic hydroxyl groups is 10. The number of hydrogen-bond donors (Lipinski definition) is 10. The molecule has 3 heterocycles. The van der Waals surface area contributed by atoms with Crippen LogP contribution >= 0.6 is 0 Å². The van der Waals surface area contributed by atoms with Gasteiger partial charge in [0, 0.05) is 0 Å². The molecule has 0 aromatic carbocycles. The van der Waals surface area contributed by atoms with Crippen molar-refractivity contribution in [3.63, 3.8) is 0 Å². The summed E-state index contributed by atoms with van der Waals surface area (Å²) in [6.45, 7) is -2.43. The second kappa shape index (κ2) is 11.4. The largest absolute Gasteiger partial charge is 0.394 e. The Morgan fingerprint density at radius 1 is 0.545 bits per heavy atom. The van der Waals surface area contributed by atoms with Crippen molar-refractivity contribution in [3.05, 3.63) is 0 Å². The van der Waals surface area contributed by atoms with Crippen LogP contribution in [0, 0.1) is 0 Å². The molecule has 33 heavy (non-hydrogen) atoms. The molecule has 14 atom stereocenters. The van der Waals surface area contributed by atoms with Crippen LogP contribution in [0.3, 0.4) is 0 Å². The van der Waals surface area contributed by atoms with E-state index in [2.05, 4.69) is 0 Å². The molecule has 3 rings (SSSR count). The van der Waals surface area contributed by atoms with Gasteiger partial charge in [0.25, 0.3) is 0 Å². The Balaban J connectivity index is 1.80. The van der Waals surface area contributed by atoms with Crippen molar-refractivity contribution in [2.75, 3.05) is 26.4 Å². The fraction of sp³-hybridized carbons (Fsp3) is 1.00. The predicted octanol–water partition coefficient (Wildman–Crippen LogP) is -6.89. The monoisotopic (exact) mass is 488 g/mol. The van der Waals surface area contributed by atoms with E-state index in [0.29, 0.717) is 0 Å². The lowest BCUT2D eigenvalue weighted by molar-refractivity contribution is -0.365. The molecule has 15 nitrogen and oxygen atoms in total. The molecule has 0 spiro atoms. The van der Waals surface area contributed by atoms with Crippen LogP contribution in [0.1, 0.15) is 0 Å². The molecule has 0 saturated carbocycles. The summed E-state index contributed by atoms with van der Waals surface area (Å²) in [6.07, 6.45) is -21.7. The van der Waals surface area contributed by atoms with Crippen molar-refractivity contribution in [3.8, 4) is 0 Å². The predicted molar refractivity (Wildman–Crippen MR) is 100 cm³/mol. The number of aliphatic hydroxyl groups excluding tert-OH is 10. The van der Waals surface area contributed by atoms with Crippen LogP contribution in [0.15, 0.2) is 0 Å². The van der Waals surface area contributed by atoms with Crippen molar-refractivity contribution >= 4 is 0 Å². The average molecular weight is 488 g/mol. The summed E-state index contributed by atoms with van der Waals surface area (Å²) < 4.78 is 27.1. The topological polar surface area (TPSA) is 248 Å². The molecular formula is C18H32O15. The van der Waals surface area contributed by atoms with E-state index in [1.54, 1.807) is 0 Å². The van der Waals surface area contributed by atoms with E-state index in [9.17, 15) is 51.1 Å². The Hall–Kier alpha value is -0.600. The summed E-state index contributed by atoms with van der Waals surface area (Å²) in [5.74, 6) is 0. The fourth-order valence-corrected chi connectivity index (χ4v) is 4.00. The maximum Gasteiger partial charge on any atom is 0.187 e. The van der Waals surface area contributed by atoms with Gasteiger partial charge in [-0.25, -0.2) is 0 Å². The van der Waals surface area contributed by atoms with Crippen LogP contribution in [0.2, 0.25) is 0 Å². The Morgan fingerprint density at radius 2 is 0.970 bits per heavy atom. The van der Waals surface area contributed by atoms with E-state index in [1.807, 2.05) is 0 Å². The van der Waals surface area contributed by atoms with Crippen molar-refractivity contribution < 1.29 is 74.7 Å². The molecule has 0 aromatic heterocycles. The molecule has 0 radical (unpaired) electrons. The second-order valence-corrected chi connectivity index (χ2v) is 8.22. The maximum atomic E-state index is 10.5. The third kappa shape index (κ3) is 5.48. The Morgan fingerprint density at radius 3 is 1.39 bits per heavy atom. The first-order valence-electron chi connectivity index (χ1n) is 10.5. The minimum absolute atomic E-state index is 0.345. The van der Waals surface area contributed by atoms with Crippen molar-refractivity contribution in [2.24, 2.45) is 0 Å². The highest BCUT2D eigenvalue weighted by molar-refractivity contribution is 4.95. The second-order valence-electron chi connectivity index (χ2n) is 8.22. The third-order valence-electron chi connectivity index (χ3n) is 6.01. The highest BCUT2D eigenvalue weighted by Crippen LogP contribution is 2.31. The highest BCUT2D eigenvalue weighted by atomic mass is 16.7. The van der Waals surface area contributed by atoms with E-state index in [-0.39, 0.29) is 6.61 Å². The van der Waals surface area contributed by atoms with Crippen LogP contribution in [0.4, 0.5) is 0 Å². The van der Waals surface area contributed by atoms with Gasteiger partial charge in [-0.1, -0.05) is 0 Å². The molecule has 3 aliphatic heterocycles. The summed E-state index contributed by atoms with van der Waals surface area (Å²) >= 11 is 0. The van der Waals surface area contributed by atoms with Gasteiger partial charge in [0.2, 0.25) is 0 Å². The fourth-order valence-electron chi connectivity index (χ4n) is 4.00. The van der Waals surface area contributed by atoms with Crippen LogP contribution in [-0.2, 0) is 23.7 Å².